The molecule has 3 aliphatic rings. The summed E-state index contributed by atoms with van der Waals surface area (Å²) < 4.78 is 11.2. The normalized spacial score (nSPS) is 26.5. The molecule has 2 N–H and O–H groups in total. The number of carbonyl (C=O) groups excluding carboxylic acids is 1. The third-order valence-electron chi connectivity index (χ3n) is 5.01. The van der Waals surface area contributed by atoms with Crippen molar-refractivity contribution < 1.29 is 14.3 Å². The van der Waals surface area contributed by atoms with Crippen LogP contribution in [-0.2, 0) is 14.3 Å². The zero-order chi connectivity index (χ0) is 16.5. The van der Waals surface area contributed by atoms with Crippen LogP contribution < -0.4 is 10.6 Å². The summed E-state index contributed by atoms with van der Waals surface area (Å²) in [6.45, 7) is 4.25. The highest BCUT2D eigenvalue weighted by molar-refractivity contribution is 6.03. The molecule has 5 rings (SSSR count). The Kier molecular flexibility index (Phi) is 2.42. The fraction of sp³-hybridized carbons (Fsp3) is 0.316. The molecule has 5 heteroatoms. The van der Waals surface area contributed by atoms with Crippen molar-refractivity contribution in [2.75, 3.05) is 17.2 Å². The van der Waals surface area contributed by atoms with Crippen LogP contribution in [0.2, 0.25) is 0 Å². The summed E-state index contributed by atoms with van der Waals surface area (Å²) in [6, 6.07) is 12.5. The molecule has 3 heterocycles. The minimum Gasteiger partial charge on any atom is -0.480 e. The summed E-state index contributed by atoms with van der Waals surface area (Å²) in [5, 5.41) is 9.61. The zero-order valence-corrected chi connectivity index (χ0v) is 13.6. The third-order valence-corrected chi connectivity index (χ3v) is 5.01. The van der Waals surface area contributed by atoms with Gasteiger partial charge in [0.1, 0.15) is 17.9 Å². The van der Waals surface area contributed by atoms with Gasteiger partial charge in [0.2, 0.25) is 5.76 Å². The van der Waals surface area contributed by atoms with E-state index in [2.05, 4.69) is 34.9 Å². The van der Waals surface area contributed by atoms with Gasteiger partial charge in [-0.2, -0.15) is 0 Å². The Hall–Kier alpha value is -2.69. The second-order valence-electron chi connectivity index (χ2n) is 7.29. The van der Waals surface area contributed by atoms with Gasteiger partial charge in [0, 0.05) is 11.8 Å². The quantitative estimate of drug-likeness (QED) is 0.728. The van der Waals surface area contributed by atoms with Gasteiger partial charge in [0.05, 0.1) is 16.9 Å². The van der Waals surface area contributed by atoms with Gasteiger partial charge in [-0.1, -0.05) is 30.3 Å². The van der Waals surface area contributed by atoms with Crippen molar-refractivity contribution >= 4 is 28.1 Å². The lowest BCUT2D eigenvalue weighted by Crippen LogP contribution is -2.53. The van der Waals surface area contributed by atoms with Crippen molar-refractivity contribution in [1.82, 2.24) is 0 Å². The molecule has 0 aliphatic carbocycles. The van der Waals surface area contributed by atoms with Crippen molar-refractivity contribution in [3.05, 3.63) is 47.7 Å². The maximum absolute atomic E-state index is 12.1. The maximum atomic E-state index is 12.1. The van der Waals surface area contributed by atoms with E-state index in [0.717, 1.165) is 22.3 Å². The van der Waals surface area contributed by atoms with Gasteiger partial charge in [0.15, 0.2) is 0 Å². The van der Waals surface area contributed by atoms with E-state index in [-0.39, 0.29) is 12.6 Å². The number of rotatable bonds is 0. The van der Waals surface area contributed by atoms with Gasteiger partial charge in [-0.05, 0) is 25.3 Å². The topological polar surface area (TPSA) is 59.6 Å². The Bertz CT molecular complexity index is 931. The van der Waals surface area contributed by atoms with Crippen LogP contribution >= 0.6 is 0 Å². The average molecular weight is 322 g/mol. The molecule has 1 spiro atoms. The summed E-state index contributed by atoms with van der Waals surface area (Å²) in [5.41, 5.74) is 1.94. The molecule has 122 valence electrons. The molecule has 0 saturated heterocycles. The number of carbonyl (C=O) groups is 1. The third kappa shape index (κ3) is 1.72. The number of esters is 1. The minimum atomic E-state index is -0.546. The first-order valence-corrected chi connectivity index (χ1v) is 8.15. The summed E-state index contributed by atoms with van der Waals surface area (Å²) in [5.74, 6) is -0.0232. The molecule has 0 saturated carbocycles. The SMILES string of the molecule is CC1(C)CC2(Nc3ccc4ccccc4c3N2)C2=C(O1)C(=O)OC2. The summed E-state index contributed by atoms with van der Waals surface area (Å²) >= 11 is 0. The van der Waals surface area contributed by atoms with E-state index in [4.69, 9.17) is 9.47 Å². The number of ether oxygens (including phenoxy) is 2. The largest absolute Gasteiger partial charge is 0.480 e. The number of nitrogens with one attached hydrogen (secondary N) is 2. The van der Waals surface area contributed by atoms with E-state index in [1.54, 1.807) is 0 Å². The van der Waals surface area contributed by atoms with E-state index in [1.807, 2.05) is 26.0 Å². The minimum absolute atomic E-state index is 0.260. The second kappa shape index (κ2) is 4.23. The number of benzene rings is 2. The summed E-state index contributed by atoms with van der Waals surface area (Å²) in [6.07, 6.45) is 0.693. The van der Waals surface area contributed by atoms with Crippen LogP contribution in [0.3, 0.4) is 0 Å². The Morgan fingerprint density at radius 2 is 1.92 bits per heavy atom. The van der Waals surface area contributed by atoms with Crippen LogP contribution in [0.25, 0.3) is 10.8 Å². The van der Waals surface area contributed by atoms with Crippen molar-refractivity contribution in [1.29, 1.82) is 0 Å². The molecule has 5 nitrogen and oxygen atoms in total. The van der Waals surface area contributed by atoms with E-state index < -0.39 is 11.3 Å². The molecular weight excluding hydrogens is 304 g/mol. The number of hydrogen-bond acceptors (Lipinski definition) is 5. The first kappa shape index (κ1) is 13.7. The van der Waals surface area contributed by atoms with Crippen molar-refractivity contribution in [2.45, 2.75) is 31.5 Å². The lowest BCUT2D eigenvalue weighted by atomic mass is 9.85. The fourth-order valence-electron chi connectivity index (χ4n) is 4.09. The van der Waals surface area contributed by atoms with Crippen LogP contribution in [0.1, 0.15) is 20.3 Å². The van der Waals surface area contributed by atoms with Crippen LogP contribution in [0.5, 0.6) is 0 Å². The van der Waals surface area contributed by atoms with Gasteiger partial charge in [-0.15, -0.1) is 0 Å². The van der Waals surface area contributed by atoms with Crippen molar-refractivity contribution in [3.8, 4) is 0 Å². The van der Waals surface area contributed by atoms with Crippen LogP contribution in [0.15, 0.2) is 47.7 Å². The predicted molar refractivity (Wildman–Crippen MR) is 91.7 cm³/mol. The van der Waals surface area contributed by atoms with Crippen LogP contribution in [-0.4, -0.2) is 23.8 Å². The highest BCUT2D eigenvalue weighted by atomic mass is 16.6. The maximum Gasteiger partial charge on any atom is 0.374 e. The first-order valence-electron chi connectivity index (χ1n) is 8.15. The van der Waals surface area contributed by atoms with Crippen LogP contribution in [0, 0.1) is 0 Å². The predicted octanol–water partition coefficient (Wildman–Crippen LogP) is 3.38. The van der Waals surface area contributed by atoms with Gasteiger partial charge in [0.25, 0.3) is 0 Å². The Balaban J connectivity index is 1.69. The van der Waals surface area contributed by atoms with Gasteiger partial charge in [-0.25, -0.2) is 4.79 Å². The fourth-order valence-corrected chi connectivity index (χ4v) is 4.09. The molecule has 2 aromatic rings. The second-order valence-corrected chi connectivity index (χ2v) is 7.29. The van der Waals surface area contributed by atoms with Crippen molar-refractivity contribution in [2.24, 2.45) is 0 Å². The molecule has 0 aromatic heterocycles. The molecule has 3 aliphatic heterocycles. The highest BCUT2D eigenvalue weighted by Crippen LogP contribution is 2.50. The lowest BCUT2D eigenvalue weighted by Gasteiger charge is -2.42. The Morgan fingerprint density at radius 3 is 2.79 bits per heavy atom. The Morgan fingerprint density at radius 1 is 1.08 bits per heavy atom. The average Bonchev–Trinajstić information content (AvgIpc) is 3.08. The van der Waals surface area contributed by atoms with Gasteiger partial charge >= 0.3 is 5.97 Å². The molecule has 0 bridgehead atoms. The zero-order valence-electron chi connectivity index (χ0n) is 13.6. The van der Waals surface area contributed by atoms with E-state index in [0.29, 0.717) is 12.2 Å². The summed E-state index contributed by atoms with van der Waals surface area (Å²) in [7, 11) is 0. The monoisotopic (exact) mass is 322 g/mol. The molecule has 2 aromatic carbocycles. The number of hydrogen-bond donors (Lipinski definition) is 2. The first-order chi connectivity index (χ1) is 11.5. The van der Waals surface area contributed by atoms with E-state index >= 15 is 0 Å². The van der Waals surface area contributed by atoms with E-state index in [1.165, 1.54) is 5.39 Å². The highest BCUT2D eigenvalue weighted by Gasteiger charge is 2.54. The Labute approximate surface area is 139 Å². The summed E-state index contributed by atoms with van der Waals surface area (Å²) in [4.78, 5) is 12.1. The molecule has 0 radical (unpaired) electrons. The standard InChI is InChI=1S/C19H18N2O3/c1-18(2)10-19(13-9-23-17(22)16(13)24-18)20-14-8-7-11-5-3-4-6-12(11)15(14)21-19/h3-8,20-21H,9-10H2,1-2H3. The van der Waals surface area contributed by atoms with E-state index in [9.17, 15) is 4.79 Å². The smallest absolute Gasteiger partial charge is 0.374 e. The number of fused-ring (bicyclic) bond motifs is 4. The molecule has 1 unspecified atom stereocenters. The molecule has 0 amide bonds. The lowest BCUT2D eigenvalue weighted by molar-refractivity contribution is -0.142. The molecule has 1 atom stereocenters. The molecule has 24 heavy (non-hydrogen) atoms. The van der Waals surface area contributed by atoms with Gasteiger partial charge in [-0.3, -0.25) is 0 Å². The molecule has 0 fully saturated rings. The van der Waals surface area contributed by atoms with Gasteiger partial charge < -0.3 is 20.1 Å². The van der Waals surface area contributed by atoms with Crippen LogP contribution in [0.4, 0.5) is 11.4 Å². The molecular formula is C19H18N2O3. The van der Waals surface area contributed by atoms with Crippen molar-refractivity contribution in [3.63, 3.8) is 0 Å². The number of cyclic esters (lactones) is 1. The number of anilines is 2.